The lowest BCUT2D eigenvalue weighted by atomic mass is 10.0. The average molecular weight is 273 g/mol. The van der Waals surface area contributed by atoms with E-state index >= 15 is 0 Å². The van der Waals surface area contributed by atoms with Crippen LogP contribution in [0.15, 0.2) is 36.4 Å². The predicted molar refractivity (Wildman–Crippen MR) is 80.5 cm³/mol. The van der Waals surface area contributed by atoms with Gasteiger partial charge in [0.15, 0.2) is 0 Å². The summed E-state index contributed by atoms with van der Waals surface area (Å²) in [6.07, 6.45) is 0.211. The Morgan fingerprint density at radius 2 is 1.90 bits per heavy atom. The fraction of sp³-hybridized carbons (Fsp3) is 0.312. The topological polar surface area (TPSA) is 58.6 Å². The summed E-state index contributed by atoms with van der Waals surface area (Å²) >= 11 is 0. The van der Waals surface area contributed by atoms with Gasteiger partial charge in [-0.15, -0.1) is 0 Å². The first-order valence-corrected chi connectivity index (χ1v) is 6.70. The Labute approximate surface area is 118 Å². The highest BCUT2D eigenvalue weighted by Gasteiger charge is 2.10. The maximum atomic E-state index is 11.2. The van der Waals surface area contributed by atoms with Crippen LogP contribution >= 0.6 is 0 Å². The molecule has 2 aromatic carbocycles. The number of carboxylic acids is 1. The summed E-state index contributed by atoms with van der Waals surface area (Å²) in [5, 5.41) is 14.2. The minimum absolute atomic E-state index is 0.211. The number of aromatic carboxylic acids is 1. The van der Waals surface area contributed by atoms with E-state index in [0.717, 1.165) is 16.5 Å². The summed E-state index contributed by atoms with van der Waals surface area (Å²) in [5.41, 5.74) is 1.25. The van der Waals surface area contributed by atoms with Gasteiger partial charge in [0.25, 0.3) is 0 Å². The van der Waals surface area contributed by atoms with Gasteiger partial charge in [0.2, 0.25) is 0 Å². The largest absolute Gasteiger partial charge is 0.478 e. The van der Waals surface area contributed by atoms with E-state index in [2.05, 4.69) is 5.32 Å². The van der Waals surface area contributed by atoms with Gasteiger partial charge in [-0.3, -0.25) is 0 Å². The van der Waals surface area contributed by atoms with Gasteiger partial charge in [-0.05, 0) is 31.4 Å². The Balaban J connectivity index is 2.22. The number of nitrogens with one attached hydrogen (secondary N) is 1. The number of carbonyl (C=O) groups is 1. The van der Waals surface area contributed by atoms with Crippen LogP contribution in [0.25, 0.3) is 10.8 Å². The SMILES string of the molecule is CC(C)OCCNc1ccc(C(=O)O)c2ccccc12. The van der Waals surface area contributed by atoms with Crippen molar-refractivity contribution in [2.45, 2.75) is 20.0 Å². The van der Waals surface area contributed by atoms with Crippen molar-refractivity contribution in [2.24, 2.45) is 0 Å². The van der Waals surface area contributed by atoms with Crippen molar-refractivity contribution < 1.29 is 14.6 Å². The second-order valence-corrected chi connectivity index (χ2v) is 4.86. The third-order valence-electron chi connectivity index (χ3n) is 3.02. The van der Waals surface area contributed by atoms with Crippen molar-refractivity contribution in [1.29, 1.82) is 0 Å². The number of rotatable bonds is 6. The van der Waals surface area contributed by atoms with Gasteiger partial charge in [0.1, 0.15) is 0 Å². The zero-order chi connectivity index (χ0) is 14.5. The lowest BCUT2D eigenvalue weighted by Gasteiger charge is -2.12. The van der Waals surface area contributed by atoms with Crippen LogP contribution in [-0.4, -0.2) is 30.3 Å². The van der Waals surface area contributed by atoms with E-state index < -0.39 is 5.97 Å². The molecule has 0 unspecified atom stereocenters. The van der Waals surface area contributed by atoms with E-state index in [1.807, 2.05) is 38.1 Å². The van der Waals surface area contributed by atoms with E-state index in [1.54, 1.807) is 12.1 Å². The minimum atomic E-state index is -0.907. The molecule has 0 saturated heterocycles. The third kappa shape index (κ3) is 3.27. The second kappa shape index (κ2) is 6.39. The average Bonchev–Trinajstić information content (AvgIpc) is 2.43. The predicted octanol–water partition coefficient (Wildman–Crippen LogP) is 3.37. The Morgan fingerprint density at radius 1 is 1.20 bits per heavy atom. The van der Waals surface area contributed by atoms with Gasteiger partial charge in [0, 0.05) is 17.6 Å². The van der Waals surface area contributed by atoms with Crippen molar-refractivity contribution in [3.05, 3.63) is 42.0 Å². The van der Waals surface area contributed by atoms with Crippen LogP contribution in [0.5, 0.6) is 0 Å². The molecule has 4 heteroatoms. The van der Waals surface area contributed by atoms with Crippen LogP contribution in [0.2, 0.25) is 0 Å². The first kappa shape index (κ1) is 14.3. The number of anilines is 1. The molecular formula is C16H19NO3. The fourth-order valence-corrected chi connectivity index (χ4v) is 2.12. The number of carboxylic acid groups (broad SMARTS) is 1. The number of fused-ring (bicyclic) bond motifs is 1. The highest BCUT2D eigenvalue weighted by atomic mass is 16.5. The molecule has 2 rings (SSSR count). The minimum Gasteiger partial charge on any atom is -0.478 e. The molecule has 0 fully saturated rings. The maximum absolute atomic E-state index is 11.2. The fourth-order valence-electron chi connectivity index (χ4n) is 2.12. The van der Waals surface area contributed by atoms with Crippen LogP contribution in [0.4, 0.5) is 5.69 Å². The quantitative estimate of drug-likeness (QED) is 0.792. The van der Waals surface area contributed by atoms with Gasteiger partial charge in [-0.2, -0.15) is 0 Å². The van der Waals surface area contributed by atoms with E-state index in [4.69, 9.17) is 4.74 Å². The van der Waals surface area contributed by atoms with Crippen LogP contribution in [-0.2, 0) is 4.74 Å². The summed E-state index contributed by atoms with van der Waals surface area (Å²) in [4.78, 5) is 11.2. The smallest absolute Gasteiger partial charge is 0.336 e. The standard InChI is InChI=1S/C16H19NO3/c1-11(2)20-10-9-17-15-8-7-14(16(18)19)12-5-3-4-6-13(12)15/h3-8,11,17H,9-10H2,1-2H3,(H,18,19). The first-order chi connectivity index (χ1) is 9.59. The van der Waals surface area contributed by atoms with Crippen molar-refractivity contribution >= 4 is 22.4 Å². The van der Waals surface area contributed by atoms with E-state index in [0.29, 0.717) is 18.7 Å². The molecule has 0 heterocycles. The summed E-state index contributed by atoms with van der Waals surface area (Å²) in [6, 6.07) is 10.9. The van der Waals surface area contributed by atoms with Gasteiger partial charge in [-0.1, -0.05) is 24.3 Å². The molecule has 2 N–H and O–H groups in total. The molecule has 20 heavy (non-hydrogen) atoms. The lowest BCUT2D eigenvalue weighted by molar-refractivity contribution is 0.0699. The Kier molecular flexibility index (Phi) is 4.58. The summed E-state index contributed by atoms with van der Waals surface area (Å²) in [5.74, 6) is -0.907. The Bertz CT molecular complexity index is 608. The zero-order valence-corrected chi connectivity index (χ0v) is 11.7. The summed E-state index contributed by atoms with van der Waals surface area (Å²) in [6.45, 7) is 5.30. The number of ether oxygens (including phenoxy) is 1. The van der Waals surface area contributed by atoms with Gasteiger partial charge >= 0.3 is 5.97 Å². The number of hydrogen-bond donors (Lipinski definition) is 2. The molecule has 0 aliphatic rings. The highest BCUT2D eigenvalue weighted by molar-refractivity contribution is 6.07. The molecule has 0 saturated carbocycles. The van der Waals surface area contributed by atoms with Gasteiger partial charge < -0.3 is 15.2 Å². The van der Waals surface area contributed by atoms with Gasteiger partial charge in [-0.25, -0.2) is 4.79 Å². The Hall–Kier alpha value is -2.07. The van der Waals surface area contributed by atoms with E-state index in [9.17, 15) is 9.90 Å². The molecular weight excluding hydrogens is 254 g/mol. The molecule has 0 spiro atoms. The summed E-state index contributed by atoms with van der Waals surface area (Å²) in [7, 11) is 0. The van der Waals surface area contributed by atoms with Crippen molar-refractivity contribution in [3.8, 4) is 0 Å². The molecule has 4 nitrogen and oxygen atoms in total. The molecule has 0 radical (unpaired) electrons. The van der Waals surface area contributed by atoms with Crippen LogP contribution in [0.1, 0.15) is 24.2 Å². The lowest BCUT2D eigenvalue weighted by Crippen LogP contribution is -2.13. The number of hydrogen-bond acceptors (Lipinski definition) is 3. The molecule has 0 aliphatic carbocycles. The monoisotopic (exact) mass is 273 g/mol. The van der Waals surface area contributed by atoms with Crippen LogP contribution in [0, 0.1) is 0 Å². The van der Waals surface area contributed by atoms with Crippen LogP contribution < -0.4 is 5.32 Å². The summed E-state index contributed by atoms with van der Waals surface area (Å²) < 4.78 is 5.48. The molecule has 106 valence electrons. The second-order valence-electron chi connectivity index (χ2n) is 4.86. The van der Waals surface area contributed by atoms with Gasteiger partial charge in [0.05, 0.1) is 18.3 Å². The molecule has 0 atom stereocenters. The maximum Gasteiger partial charge on any atom is 0.336 e. The molecule has 0 aliphatic heterocycles. The van der Waals surface area contributed by atoms with Crippen molar-refractivity contribution in [3.63, 3.8) is 0 Å². The van der Waals surface area contributed by atoms with Crippen molar-refractivity contribution in [2.75, 3.05) is 18.5 Å². The third-order valence-corrected chi connectivity index (χ3v) is 3.02. The van der Waals surface area contributed by atoms with Crippen molar-refractivity contribution in [1.82, 2.24) is 0 Å². The highest BCUT2D eigenvalue weighted by Crippen LogP contribution is 2.26. The van der Waals surface area contributed by atoms with Crippen LogP contribution in [0.3, 0.4) is 0 Å². The molecule has 0 amide bonds. The Morgan fingerprint density at radius 3 is 2.55 bits per heavy atom. The number of benzene rings is 2. The molecule has 0 bridgehead atoms. The zero-order valence-electron chi connectivity index (χ0n) is 11.7. The normalized spacial score (nSPS) is 10.9. The molecule has 2 aromatic rings. The first-order valence-electron chi connectivity index (χ1n) is 6.70. The van der Waals surface area contributed by atoms with E-state index in [1.165, 1.54) is 0 Å². The van der Waals surface area contributed by atoms with E-state index in [-0.39, 0.29) is 6.10 Å². The molecule has 0 aromatic heterocycles.